The highest BCUT2D eigenvalue weighted by Gasteiger charge is 2.35. The van der Waals surface area contributed by atoms with Crippen LogP contribution in [-0.4, -0.2) is 4.98 Å². The van der Waals surface area contributed by atoms with Crippen molar-refractivity contribution >= 4 is 32.3 Å². The van der Waals surface area contributed by atoms with Gasteiger partial charge in [-0.25, -0.2) is 4.98 Å². The summed E-state index contributed by atoms with van der Waals surface area (Å²) in [5, 5.41) is 2.61. The Morgan fingerprint density at radius 3 is 2.53 bits per heavy atom. The molecule has 5 heteroatoms. The van der Waals surface area contributed by atoms with E-state index >= 15 is 0 Å². The van der Waals surface area contributed by atoms with Crippen LogP contribution in [0.1, 0.15) is 5.69 Å². The molecule has 2 aromatic heterocycles. The van der Waals surface area contributed by atoms with Crippen LogP contribution in [0.5, 0.6) is 0 Å². The lowest BCUT2D eigenvalue weighted by Crippen LogP contribution is -2.08. The fourth-order valence-corrected chi connectivity index (χ4v) is 2.80. The average molecular weight is 253 g/mol. The van der Waals surface area contributed by atoms with Crippen LogP contribution in [-0.2, 0) is 6.18 Å². The first-order valence-corrected chi connectivity index (χ1v) is 5.78. The number of pyridine rings is 1. The minimum atomic E-state index is -4.41. The Kier molecular flexibility index (Phi) is 2.13. The minimum Gasteiger partial charge on any atom is -0.243 e. The molecule has 17 heavy (non-hydrogen) atoms. The number of para-hydroxylation sites is 1. The topological polar surface area (TPSA) is 12.9 Å². The lowest BCUT2D eigenvalue weighted by atomic mass is 10.1. The van der Waals surface area contributed by atoms with Gasteiger partial charge in [-0.3, -0.25) is 0 Å². The van der Waals surface area contributed by atoms with Gasteiger partial charge in [-0.1, -0.05) is 18.2 Å². The largest absolute Gasteiger partial charge is 0.434 e. The fourth-order valence-electron chi connectivity index (χ4n) is 1.86. The molecule has 1 aromatic carbocycles. The second-order valence-corrected chi connectivity index (χ2v) is 4.55. The summed E-state index contributed by atoms with van der Waals surface area (Å²) in [5.74, 6) is 0. The number of benzene rings is 1. The average Bonchev–Trinajstić information content (AvgIpc) is 2.75. The predicted octanol–water partition coefficient (Wildman–Crippen LogP) is 4.47. The molecule has 0 saturated heterocycles. The number of fused-ring (bicyclic) bond motifs is 3. The van der Waals surface area contributed by atoms with Crippen LogP contribution in [0, 0.1) is 0 Å². The van der Waals surface area contributed by atoms with Crippen molar-refractivity contribution in [3.05, 3.63) is 41.4 Å². The molecule has 0 aliphatic carbocycles. The van der Waals surface area contributed by atoms with E-state index in [9.17, 15) is 13.2 Å². The predicted molar refractivity (Wildman–Crippen MR) is 62.1 cm³/mol. The van der Waals surface area contributed by atoms with Gasteiger partial charge < -0.3 is 0 Å². The number of hydrogen-bond acceptors (Lipinski definition) is 2. The van der Waals surface area contributed by atoms with Gasteiger partial charge in [-0.15, -0.1) is 11.3 Å². The molecule has 0 spiro atoms. The first-order valence-electron chi connectivity index (χ1n) is 4.90. The zero-order chi connectivity index (χ0) is 12.0. The third-order valence-corrected chi connectivity index (χ3v) is 3.52. The molecular weight excluding hydrogens is 247 g/mol. The van der Waals surface area contributed by atoms with E-state index in [1.165, 1.54) is 17.4 Å². The standard InChI is InChI=1S/C12H6F3NS/c13-12(14,15)11-8-5-6-17-10(8)7-3-1-2-4-9(7)16-11/h1-6H. The van der Waals surface area contributed by atoms with E-state index in [-0.39, 0.29) is 5.39 Å². The maximum Gasteiger partial charge on any atom is 0.434 e. The maximum atomic E-state index is 12.9. The molecule has 0 saturated carbocycles. The van der Waals surface area contributed by atoms with Crippen LogP contribution in [0.2, 0.25) is 0 Å². The second-order valence-electron chi connectivity index (χ2n) is 3.64. The zero-order valence-electron chi connectivity index (χ0n) is 8.45. The Labute approximate surface area is 98.5 Å². The molecule has 3 aromatic rings. The van der Waals surface area contributed by atoms with Gasteiger partial charge in [0.05, 0.1) is 5.52 Å². The molecule has 0 aliphatic heterocycles. The summed E-state index contributed by atoms with van der Waals surface area (Å²) >= 11 is 1.31. The minimum absolute atomic E-state index is 0.182. The van der Waals surface area contributed by atoms with Crippen LogP contribution >= 0.6 is 11.3 Å². The van der Waals surface area contributed by atoms with Crippen LogP contribution in [0.3, 0.4) is 0 Å². The lowest BCUT2D eigenvalue weighted by molar-refractivity contribution is -0.139. The Morgan fingerprint density at radius 2 is 1.76 bits per heavy atom. The normalized spacial score (nSPS) is 12.4. The molecule has 2 heterocycles. The Balaban J connectivity index is 2.53. The number of aromatic nitrogens is 1. The Hall–Kier alpha value is -1.62. The van der Waals surface area contributed by atoms with Crippen LogP contribution in [0.4, 0.5) is 13.2 Å². The molecule has 0 N–H and O–H groups in total. The fraction of sp³-hybridized carbons (Fsp3) is 0.0833. The van der Waals surface area contributed by atoms with Crippen molar-refractivity contribution in [1.82, 2.24) is 4.98 Å². The number of hydrogen-bond donors (Lipinski definition) is 0. The summed E-state index contributed by atoms with van der Waals surface area (Å²) in [7, 11) is 0. The third kappa shape index (κ3) is 1.58. The molecule has 0 amide bonds. The molecule has 0 atom stereocenters. The second kappa shape index (κ2) is 3.43. The molecule has 0 bridgehead atoms. The number of thiophene rings is 1. The van der Waals surface area contributed by atoms with Gasteiger partial charge in [-0.2, -0.15) is 13.2 Å². The van der Waals surface area contributed by atoms with Gasteiger partial charge in [-0.05, 0) is 17.5 Å². The molecule has 86 valence electrons. The Morgan fingerprint density at radius 1 is 1.00 bits per heavy atom. The van der Waals surface area contributed by atoms with Gasteiger partial charge in [0.1, 0.15) is 0 Å². The molecule has 3 rings (SSSR count). The lowest BCUT2D eigenvalue weighted by Gasteiger charge is -2.09. The van der Waals surface area contributed by atoms with E-state index in [1.807, 2.05) is 0 Å². The van der Waals surface area contributed by atoms with Gasteiger partial charge in [0.2, 0.25) is 0 Å². The summed E-state index contributed by atoms with van der Waals surface area (Å²) in [5.41, 5.74) is -0.415. The van der Waals surface area contributed by atoms with Crippen LogP contribution in [0.25, 0.3) is 21.0 Å². The highest BCUT2D eigenvalue weighted by Crippen LogP contribution is 2.38. The van der Waals surface area contributed by atoms with Crippen molar-refractivity contribution < 1.29 is 13.2 Å². The van der Waals surface area contributed by atoms with Crippen molar-refractivity contribution in [1.29, 1.82) is 0 Å². The summed E-state index contributed by atoms with van der Waals surface area (Å²) in [6.07, 6.45) is -4.41. The quantitative estimate of drug-likeness (QED) is 0.576. The number of nitrogens with zero attached hydrogens (tertiary/aromatic N) is 1. The Bertz CT molecular complexity index is 700. The molecule has 0 aliphatic rings. The van der Waals surface area contributed by atoms with E-state index in [4.69, 9.17) is 0 Å². The molecule has 1 nitrogen and oxygen atoms in total. The number of alkyl halides is 3. The van der Waals surface area contributed by atoms with Crippen molar-refractivity contribution in [3.63, 3.8) is 0 Å². The molecule has 0 radical (unpaired) electrons. The van der Waals surface area contributed by atoms with E-state index in [2.05, 4.69) is 4.98 Å². The molecule has 0 unspecified atom stereocenters. The van der Waals surface area contributed by atoms with Gasteiger partial charge >= 0.3 is 6.18 Å². The number of rotatable bonds is 0. The highest BCUT2D eigenvalue weighted by molar-refractivity contribution is 7.18. The van der Waals surface area contributed by atoms with Gasteiger partial charge in [0.25, 0.3) is 0 Å². The summed E-state index contributed by atoms with van der Waals surface area (Å²) in [6, 6.07) is 8.36. The summed E-state index contributed by atoms with van der Waals surface area (Å²) < 4.78 is 39.2. The van der Waals surface area contributed by atoms with Crippen molar-refractivity contribution in [2.75, 3.05) is 0 Å². The number of halogens is 3. The van der Waals surface area contributed by atoms with E-state index in [0.717, 1.165) is 5.39 Å². The van der Waals surface area contributed by atoms with E-state index in [0.29, 0.717) is 10.2 Å². The van der Waals surface area contributed by atoms with Crippen molar-refractivity contribution in [2.45, 2.75) is 6.18 Å². The summed E-state index contributed by atoms with van der Waals surface area (Å²) in [4.78, 5) is 3.73. The molecule has 0 fully saturated rings. The zero-order valence-corrected chi connectivity index (χ0v) is 9.27. The monoisotopic (exact) mass is 253 g/mol. The molecular formula is C12H6F3NS. The van der Waals surface area contributed by atoms with Gasteiger partial charge in [0, 0.05) is 15.5 Å². The van der Waals surface area contributed by atoms with Crippen molar-refractivity contribution in [3.8, 4) is 0 Å². The SMILES string of the molecule is FC(F)(F)c1nc2ccccc2c2sccc12. The van der Waals surface area contributed by atoms with E-state index < -0.39 is 11.9 Å². The maximum absolute atomic E-state index is 12.9. The van der Waals surface area contributed by atoms with Crippen LogP contribution in [0.15, 0.2) is 35.7 Å². The van der Waals surface area contributed by atoms with E-state index in [1.54, 1.807) is 29.6 Å². The van der Waals surface area contributed by atoms with Crippen LogP contribution < -0.4 is 0 Å². The first kappa shape index (κ1) is 10.5. The van der Waals surface area contributed by atoms with Crippen molar-refractivity contribution in [2.24, 2.45) is 0 Å². The first-order chi connectivity index (χ1) is 8.07. The van der Waals surface area contributed by atoms with Gasteiger partial charge in [0.15, 0.2) is 5.69 Å². The third-order valence-electron chi connectivity index (χ3n) is 2.57. The summed E-state index contributed by atoms with van der Waals surface area (Å²) in [6.45, 7) is 0. The highest BCUT2D eigenvalue weighted by atomic mass is 32.1. The smallest absolute Gasteiger partial charge is 0.243 e.